The molecule has 1 saturated heterocycles. The number of amides is 2. The molecule has 1 aliphatic rings. The first-order chi connectivity index (χ1) is 14.6. The highest BCUT2D eigenvalue weighted by Gasteiger charge is 2.33. The van der Waals surface area contributed by atoms with Crippen molar-refractivity contribution in [3.63, 3.8) is 0 Å². The van der Waals surface area contributed by atoms with Gasteiger partial charge in [-0.05, 0) is 49.2 Å². The van der Waals surface area contributed by atoms with Crippen molar-refractivity contribution in [3.05, 3.63) is 59.7 Å². The number of carbonyl (C=O) groups is 1. The number of piperidine rings is 1. The van der Waals surface area contributed by atoms with Gasteiger partial charge >= 0.3 is 6.03 Å². The van der Waals surface area contributed by atoms with Gasteiger partial charge in [0.1, 0.15) is 17.7 Å². The van der Waals surface area contributed by atoms with E-state index in [9.17, 15) is 13.6 Å². The second-order valence-electron chi connectivity index (χ2n) is 7.32. The summed E-state index contributed by atoms with van der Waals surface area (Å²) >= 11 is 0. The maximum absolute atomic E-state index is 14.6. The molecule has 0 aliphatic carbocycles. The van der Waals surface area contributed by atoms with Crippen molar-refractivity contribution in [1.82, 2.24) is 20.5 Å². The van der Waals surface area contributed by atoms with E-state index >= 15 is 0 Å². The minimum atomic E-state index is -1.18. The quantitative estimate of drug-likeness (QED) is 0.690. The largest absolute Gasteiger partial charge is 0.494 e. The maximum Gasteiger partial charge on any atom is 0.318 e. The highest BCUT2D eigenvalue weighted by atomic mass is 19.1. The molecule has 0 bridgehead atoms. The fourth-order valence-corrected chi connectivity index (χ4v) is 3.37. The summed E-state index contributed by atoms with van der Waals surface area (Å²) in [5.41, 5.74) is 1.42. The lowest BCUT2D eigenvalue weighted by atomic mass is 10.0. The van der Waals surface area contributed by atoms with Gasteiger partial charge in [0.15, 0.2) is 0 Å². The van der Waals surface area contributed by atoms with Crippen LogP contribution in [-0.2, 0) is 13.1 Å². The molecule has 1 fully saturated rings. The molecule has 1 aromatic heterocycles. The number of carbonyl (C=O) groups excluding carboxylic acids is 1. The van der Waals surface area contributed by atoms with E-state index < -0.39 is 18.0 Å². The van der Waals surface area contributed by atoms with Crippen molar-refractivity contribution in [2.24, 2.45) is 0 Å². The number of urea groups is 1. The standard InChI is InChI=1S/C22H28F2N4O2/c1-2-11-30-19-7-3-16(4-8-19)12-27-22(29)28(21-9-10-25-14-20(21)24)15-18-6-5-17(23)13-26-18/h3-8,13,20-21,25H,2,9-12,14-15H2,1H3,(H,27,29)/t20-,21+/m1/s1. The summed E-state index contributed by atoms with van der Waals surface area (Å²) in [6.07, 6.45) is 1.35. The second-order valence-corrected chi connectivity index (χ2v) is 7.32. The topological polar surface area (TPSA) is 66.5 Å². The Kier molecular flexibility index (Phi) is 7.96. The van der Waals surface area contributed by atoms with Crippen LogP contribution in [0, 0.1) is 5.82 Å². The number of aromatic nitrogens is 1. The van der Waals surface area contributed by atoms with Crippen molar-refractivity contribution in [2.45, 2.75) is 45.1 Å². The predicted octanol–water partition coefficient (Wildman–Crippen LogP) is 3.42. The Balaban J connectivity index is 1.65. The van der Waals surface area contributed by atoms with E-state index in [0.717, 1.165) is 23.9 Å². The average Bonchev–Trinajstić information content (AvgIpc) is 2.77. The second kappa shape index (κ2) is 10.9. The number of alkyl halides is 1. The van der Waals surface area contributed by atoms with Crippen molar-refractivity contribution < 1.29 is 18.3 Å². The highest BCUT2D eigenvalue weighted by Crippen LogP contribution is 2.19. The van der Waals surface area contributed by atoms with Crippen LogP contribution in [0.25, 0.3) is 0 Å². The van der Waals surface area contributed by atoms with E-state index in [1.165, 1.54) is 17.0 Å². The van der Waals surface area contributed by atoms with Crippen LogP contribution >= 0.6 is 0 Å². The van der Waals surface area contributed by atoms with E-state index in [-0.39, 0.29) is 19.1 Å². The molecular formula is C22H28F2N4O2. The fourth-order valence-electron chi connectivity index (χ4n) is 3.37. The number of pyridine rings is 1. The zero-order valence-corrected chi connectivity index (χ0v) is 17.1. The molecule has 2 atom stereocenters. The molecule has 2 amide bonds. The van der Waals surface area contributed by atoms with Crippen LogP contribution in [0.3, 0.4) is 0 Å². The van der Waals surface area contributed by atoms with Crippen LogP contribution in [0.4, 0.5) is 13.6 Å². The summed E-state index contributed by atoms with van der Waals surface area (Å²) in [4.78, 5) is 18.4. The van der Waals surface area contributed by atoms with Gasteiger partial charge in [0.2, 0.25) is 0 Å². The number of rotatable bonds is 8. The van der Waals surface area contributed by atoms with Gasteiger partial charge in [0.05, 0.1) is 31.1 Å². The van der Waals surface area contributed by atoms with Gasteiger partial charge in [-0.15, -0.1) is 0 Å². The van der Waals surface area contributed by atoms with Crippen LogP contribution in [0.5, 0.6) is 5.75 Å². The summed E-state index contributed by atoms with van der Waals surface area (Å²) in [5.74, 6) is 0.331. The molecule has 0 radical (unpaired) electrons. The summed E-state index contributed by atoms with van der Waals surface area (Å²) in [7, 11) is 0. The van der Waals surface area contributed by atoms with Crippen LogP contribution < -0.4 is 15.4 Å². The van der Waals surface area contributed by atoms with Crippen molar-refractivity contribution in [1.29, 1.82) is 0 Å². The first-order valence-electron chi connectivity index (χ1n) is 10.3. The highest BCUT2D eigenvalue weighted by molar-refractivity contribution is 5.74. The van der Waals surface area contributed by atoms with Gasteiger partial charge in [-0.1, -0.05) is 19.1 Å². The van der Waals surface area contributed by atoms with Crippen LogP contribution in [-0.4, -0.2) is 47.8 Å². The molecule has 30 heavy (non-hydrogen) atoms. The van der Waals surface area contributed by atoms with Crippen molar-refractivity contribution >= 4 is 6.03 Å². The molecule has 3 rings (SSSR count). The average molecular weight is 418 g/mol. The minimum Gasteiger partial charge on any atom is -0.494 e. The van der Waals surface area contributed by atoms with Gasteiger partial charge in [0, 0.05) is 13.1 Å². The number of nitrogens with zero attached hydrogens (tertiary/aromatic N) is 2. The molecule has 8 heteroatoms. The van der Waals surface area contributed by atoms with Crippen molar-refractivity contribution in [2.75, 3.05) is 19.7 Å². The Morgan fingerprint density at radius 3 is 2.77 bits per heavy atom. The monoisotopic (exact) mass is 418 g/mol. The molecule has 162 valence electrons. The Hall–Kier alpha value is -2.74. The number of benzene rings is 1. The van der Waals surface area contributed by atoms with Gasteiger partial charge in [0.25, 0.3) is 0 Å². The number of halogens is 2. The Morgan fingerprint density at radius 1 is 1.30 bits per heavy atom. The third-order valence-electron chi connectivity index (χ3n) is 5.00. The molecule has 1 aromatic carbocycles. The smallest absolute Gasteiger partial charge is 0.318 e. The van der Waals surface area contributed by atoms with E-state index in [1.807, 2.05) is 31.2 Å². The first-order valence-corrected chi connectivity index (χ1v) is 10.3. The Labute approximate surface area is 175 Å². The zero-order valence-electron chi connectivity index (χ0n) is 17.1. The number of hydrogen-bond donors (Lipinski definition) is 2. The molecule has 0 unspecified atom stereocenters. The third kappa shape index (κ3) is 6.13. The lowest BCUT2D eigenvalue weighted by Gasteiger charge is -2.36. The summed E-state index contributed by atoms with van der Waals surface area (Å²) in [6, 6.07) is 9.36. The van der Waals surface area contributed by atoms with E-state index in [4.69, 9.17) is 4.74 Å². The molecule has 0 spiro atoms. The van der Waals surface area contributed by atoms with Gasteiger partial charge in [-0.25, -0.2) is 13.6 Å². The maximum atomic E-state index is 14.6. The van der Waals surface area contributed by atoms with Crippen molar-refractivity contribution in [3.8, 4) is 5.75 Å². The molecule has 2 aromatic rings. The SMILES string of the molecule is CCCOc1ccc(CNC(=O)N(Cc2ccc(F)cn2)[C@H]2CCNC[C@H]2F)cc1. The minimum absolute atomic E-state index is 0.112. The summed E-state index contributed by atoms with van der Waals surface area (Å²) in [5, 5.41) is 5.87. The number of ether oxygens (including phenoxy) is 1. The number of hydrogen-bond acceptors (Lipinski definition) is 4. The van der Waals surface area contributed by atoms with Gasteiger partial charge < -0.3 is 20.3 Å². The lowest BCUT2D eigenvalue weighted by molar-refractivity contribution is 0.0963. The van der Waals surface area contributed by atoms with E-state index in [0.29, 0.717) is 31.8 Å². The Morgan fingerprint density at radius 2 is 2.10 bits per heavy atom. The first kappa shape index (κ1) is 22.0. The summed E-state index contributed by atoms with van der Waals surface area (Å²) in [6.45, 7) is 3.95. The zero-order chi connectivity index (χ0) is 21.3. The van der Waals surface area contributed by atoms with Crippen LogP contribution in [0.1, 0.15) is 31.0 Å². The lowest BCUT2D eigenvalue weighted by Crippen LogP contribution is -2.55. The van der Waals surface area contributed by atoms with E-state index in [2.05, 4.69) is 15.6 Å². The van der Waals surface area contributed by atoms with Crippen LogP contribution in [0.2, 0.25) is 0 Å². The number of nitrogens with one attached hydrogen (secondary N) is 2. The molecule has 1 aliphatic heterocycles. The molecule has 6 nitrogen and oxygen atoms in total. The molecule has 0 saturated carbocycles. The van der Waals surface area contributed by atoms with Gasteiger partial charge in [-0.3, -0.25) is 4.98 Å². The predicted molar refractivity (Wildman–Crippen MR) is 110 cm³/mol. The fraction of sp³-hybridized carbons (Fsp3) is 0.455. The third-order valence-corrected chi connectivity index (χ3v) is 5.00. The molecule has 2 heterocycles. The van der Waals surface area contributed by atoms with E-state index in [1.54, 1.807) is 0 Å². The molecule has 2 N–H and O–H groups in total. The van der Waals surface area contributed by atoms with Gasteiger partial charge in [-0.2, -0.15) is 0 Å². The Bertz CT molecular complexity index is 802. The molecular weight excluding hydrogens is 390 g/mol. The summed E-state index contributed by atoms with van der Waals surface area (Å²) < 4.78 is 33.3. The normalized spacial score (nSPS) is 18.6. The van der Waals surface area contributed by atoms with Crippen LogP contribution in [0.15, 0.2) is 42.6 Å².